The molecule has 6 atom stereocenters. The van der Waals surface area contributed by atoms with Gasteiger partial charge in [-0.15, -0.1) is 0 Å². The average Bonchev–Trinajstić information content (AvgIpc) is 3.06. The number of nitrogens with one attached hydrogen (secondary N) is 1. The van der Waals surface area contributed by atoms with Crippen LogP contribution in [0.15, 0.2) is 15.8 Å². The Labute approximate surface area is 175 Å². The summed E-state index contributed by atoms with van der Waals surface area (Å²) >= 11 is 0. The molecule has 7 N–H and O–H groups in total. The van der Waals surface area contributed by atoms with Crippen molar-refractivity contribution in [3.05, 3.63) is 32.6 Å². The Kier molecular flexibility index (Phi) is 8.19. The number of nitrogens with zero attached hydrogens (tertiary/aromatic N) is 1. The Hall–Kier alpha value is -2.03. The van der Waals surface area contributed by atoms with Gasteiger partial charge in [-0.05, 0) is 13.8 Å². The molecule has 1 aliphatic rings. The van der Waals surface area contributed by atoms with E-state index in [0.29, 0.717) is 0 Å². The first kappa shape index (κ1) is 25.2. The van der Waals surface area contributed by atoms with Crippen LogP contribution in [-0.4, -0.2) is 68.6 Å². The van der Waals surface area contributed by atoms with Gasteiger partial charge in [-0.25, -0.2) is 9.36 Å². The molecule has 1 aromatic heterocycles. The molecule has 2 heterocycles. The number of aryl methyl sites for hydroxylation is 1. The Morgan fingerprint density at radius 1 is 1.35 bits per heavy atom. The number of aliphatic hydroxyl groups excluding tert-OH is 1. The Morgan fingerprint density at radius 3 is 2.61 bits per heavy atom. The molecule has 0 saturated carbocycles. The number of H-pyrrole nitrogens is 1. The molecule has 15 heteroatoms. The van der Waals surface area contributed by atoms with Gasteiger partial charge in [0.1, 0.15) is 12.3 Å². The molecule has 0 radical (unpaired) electrons. The number of phosphoric acid groups is 1. The van der Waals surface area contributed by atoms with Crippen LogP contribution in [0.4, 0.5) is 0 Å². The van der Waals surface area contributed by atoms with E-state index in [1.807, 2.05) is 0 Å². The Morgan fingerprint density at radius 2 is 2.00 bits per heavy atom. The number of nitrogens with two attached hydrogens (primary N) is 2. The first-order valence-electron chi connectivity index (χ1n) is 9.19. The molecule has 1 saturated heterocycles. The summed E-state index contributed by atoms with van der Waals surface area (Å²) in [4.78, 5) is 58.4. The summed E-state index contributed by atoms with van der Waals surface area (Å²) in [7, 11) is -4.72. The highest BCUT2D eigenvalue weighted by molar-refractivity contribution is 7.47. The number of Topliss-reactive ketones (excluding diaryl/α,β-unsaturated/α-hetero) is 2. The van der Waals surface area contributed by atoms with E-state index in [1.54, 1.807) is 0 Å². The lowest BCUT2D eigenvalue weighted by Crippen LogP contribution is -2.45. The summed E-state index contributed by atoms with van der Waals surface area (Å²) in [6.07, 6.45) is -1.97. The van der Waals surface area contributed by atoms with Gasteiger partial charge in [0.2, 0.25) is 11.6 Å². The van der Waals surface area contributed by atoms with E-state index in [0.717, 1.165) is 4.57 Å². The van der Waals surface area contributed by atoms with Crippen LogP contribution in [0.2, 0.25) is 0 Å². The molecule has 0 bridgehead atoms. The monoisotopic (exact) mass is 464 g/mol. The highest BCUT2D eigenvalue weighted by atomic mass is 31.2. The minimum Gasteiger partial charge on any atom is -0.390 e. The van der Waals surface area contributed by atoms with E-state index in [2.05, 4.69) is 9.51 Å². The van der Waals surface area contributed by atoms with Gasteiger partial charge in [-0.2, -0.15) is 0 Å². The molecule has 2 unspecified atom stereocenters. The molecule has 0 aromatic carbocycles. The SMILES string of the molecule is Cc1cn([C@H]2C[C@H](O)[C@@H](COP(=O)(O)OCC(N)C(=O)C(=O)[C@H](C)N)O2)c(=O)[nH]c1=O. The van der Waals surface area contributed by atoms with Gasteiger partial charge in [0.05, 0.1) is 31.4 Å². The van der Waals surface area contributed by atoms with E-state index in [9.17, 15) is 33.7 Å². The summed E-state index contributed by atoms with van der Waals surface area (Å²) in [5.74, 6) is -2.01. The van der Waals surface area contributed by atoms with Crippen molar-refractivity contribution in [2.24, 2.45) is 11.5 Å². The third-order valence-electron chi connectivity index (χ3n) is 4.47. The van der Waals surface area contributed by atoms with Gasteiger partial charge >= 0.3 is 13.5 Å². The summed E-state index contributed by atoms with van der Waals surface area (Å²) in [6.45, 7) is 1.39. The highest BCUT2D eigenvalue weighted by Crippen LogP contribution is 2.44. The van der Waals surface area contributed by atoms with Crippen LogP contribution < -0.4 is 22.7 Å². The lowest BCUT2D eigenvalue weighted by atomic mass is 10.1. The summed E-state index contributed by atoms with van der Waals surface area (Å²) in [5, 5.41) is 10.1. The van der Waals surface area contributed by atoms with Crippen LogP contribution >= 0.6 is 7.82 Å². The third-order valence-corrected chi connectivity index (χ3v) is 5.42. The molecule has 0 aliphatic carbocycles. The fraction of sp³-hybridized carbons (Fsp3) is 0.625. The zero-order chi connectivity index (χ0) is 23.5. The van der Waals surface area contributed by atoms with Crippen LogP contribution in [0.1, 0.15) is 25.1 Å². The molecule has 1 fully saturated rings. The summed E-state index contributed by atoms with van der Waals surface area (Å²) in [6, 6.07) is -2.60. The van der Waals surface area contributed by atoms with Gasteiger partial charge in [-0.3, -0.25) is 33.0 Å². The maximum absolute atomic E-state index is 12.0. The molecule has 174 valence electrons. The van der Waals surface area contributed by atoms with Crippen molar-refractivity contribution in [2.45, 2.75) is 50.8 Å². The minimum atomic E-state index is -4.72. The van der Waals surface area contributed by atoms with Gasteiger partial charge in [0.15, 0.2) is 0 Å². The number of carbonyl (C=O) groups is 2. The number of carbonyl (C=O) groups excluding carboxylic acids is 2. The lowest BCUT2D eigenvalue weighted by molar-refractivity contribution is -0.138. The molecule has 0 amide bonds. The fourth-order valence-electron chi connectivity index (χ4n) is 2.70. The molecule has 0 spiro atoms. The normalized spacial score (nSPS) is 25.0. The largest absolute Gasteiger partial charge is 0.472 e. The minimum absolute atomic E-state index is 0.0469. The first-order valence-corrected chi connectivity index (χ1v) is 10.7. The maximum Gasteiger partial charge on any atom is 0.472 e. The van der Waals surface area contributed by atoms with Crippen LogP contribution in [0.5, 0.6) is 0 Å². The van der Waals surface area contributed by atoms with Crippen LogP contribution in [0, 0.1) is 6.92 Å². The zero-order valence-corrected chi connectivity index (χ0v) is 17.7. The second-order valence-corrected chi connectivity index (χ2v) is 8.55. The van der Waals surface area contributed by atoms with Crippen molar-refractivity contribution in [2.75, 3.05) is 13.2 Å². The molecule has 2 rings (SSSR count). The fourth-order valence-corrected chi connectivity index (χ4v) is 3.46. The van der Waals surface area contributed by atoms with Gasteiger partial charge < -0.3 is 26.2 Å². The number of aromatic amines is 1. The molecule has 31 heavy (non-hydrogen) atoms. The molecule has 1 aliphatic heterocycles. The van der Waals surface area contributed by atoms with Crippen molar-refractivity contribution in [3.8, 4) is 0 Å². The van der Waals surface area contributed by atoms with Crippen molar-refractivity contribution in [3.63, 3.8) is 0 Å². The van der Waals surface area contributed by atoms with Crippen molar-refractivity contribution in [1.82, 2.24) is 9.55 Å². The van der Waals surface area contributed by atoms with E-state index >= 15 is 0 Å². The van der Waals surface area contributed by atoms with Crippen molar-refractivity contribution in [1.29, 1.82) is 0 Å². The topological polar surface area (TPSA) is 226 Å². The number of ether oxygens (including phenoxy) is 1. The number of hydrogen-bond donors (Lipinski definition) is 5. The molecule has 14 nitrogen and oxygen atoms in total. The second-order valence-electron chi connectivity index (χ2n) is 7.09. The van der Waals surface area contributed by atoms with E-state index in [-0.39, 0.29) is 12.0 Å². The number of aliphatic hydroxyl groups is 1. The summed E-state index contributed by atoms with van der Waals surface area (Å²) in [5.41, 5.74) is 9.70. The number of hydrogen-bond acceptors (Lipinski definition) is 11. The maximum atomic E-state index is 12.0. The second kappa shape index (κ2) is 10.1. The van der Waals surface area contributed by atoms with Gasteiger partial charge in [0.25, 0.3) is 5.56 Å². The van der Waals surface area contributed by atoms with E-state index in [4.69, 9.17) is 20.7 Å². The van der Waals surface area contributed by atoms with Crippen molar-refractivity contribution >= 4 is 19.4 Å². The highest BCUT2D eigenvalue weighted by Gasteiger charge is 2.38. The third kappa shape index (κ3) is 6.48. The van der Waals surface area contributed by atoms with Gasteiger partial charge in [-0.1, -0.05) is 0 Å². The van der Waals surface area contributed by atoms with Crippen molar-refractivity contribution < 1.29 is 37.9 Å². The lowest BCUT2D eigenvalue weighted by Gasteiger charge is -2.19. The molecule has 1 aromatic rings. The molecular weight excluding hydrogens is 439 g/mol. The molecular formula is C16H25N4O10P. The predicted octanol–water partition coefficient (Wildman–Crippen LogP) is -2.56. The zero-order valence-electron chi connectivity index (χ0n) is 16.8. The Balaban J connectivity index is 1.92. The van der Waals surface area contributed by atoms with Crippen LogP contribution in [0.3, 0.4) is 0 Å². The smallest absolute Gasteiger partial charge is 0.390 e. The first-order chi connectivity index (χ1) is 14.3. The van der Waals surface area contributed by atoms with Crippen LogP contribution in [-0.2, 0) is 27.9 Å². The van der Waals surface area contributed by atoms with Crippen LogP contribution in [0.25, 0.3) is 0 Å². The number of ketones is 2. The van der Waals surface area contributed by atoms with E-state index < -0.39 is 74.4 Å². The standard InChI is InChI=1S/C16H25N4O10P/c1-7-4-20(16(25)19-15(7)24)12-3-10(21)11(30-12)6-29-31(26,27)28-5-9(18)14(23)13(22)8(2)17/h4,8-12,21H,3,5-6,17-18H2,1-2H3,(H,26,27)(H,19,24,25)/t8-,9?,10-,11+,12+/m0/s1. The summed E-state index contributed by atoms with van der Waals surface area (Å²) < 4.78 is 27.9. The average molecular weight is 464 g/mol. The van der Waals surface area contributed by atoms with E-state index in [1.165, 1.54) is 20.0 Å². The Bertz CT molecular complexity index is 989. The predicted molar refractivity (Wildman–Crippen MR) is 104 cm³/mol. The van der Waals surface area contributed by atoms with Gasteiger partial charge in [0, 0.05) is 18.2 Å². The quantitative estimate of drug-likeness (QED) is 0.178. The number of rotatable bonds is 10. The number of aromatic nitrogens is 2. The number of phosphoric ester groups is 1.